The lowest BCUT2D eigenvalue weighted by Crippen LogP contribution is -2.04. The summed E-state index contributed by atoms with van der Waals surface area (Å²) >= 11 is 6.17. The normalized spacial score (nSPS) is 11.8. The van der Waals surface area contributed by atoms with Gasteiger partial charge in [-0.05, 0) is 11.6 Å². The Kier molecular flexibility index (Phi) is 3.29. The summed E-state index contributed by atoms with van der Waals surface area (Å²) in [6.07, 6.45) is -0.909. The first-order valence-electron chi connectivity index (χ1n) is 5.23. The van der Waals surface area contributed by atoms with Crippen molar-refractivity contribution in [3.05, 3.63) is 29.1 Å². The fourth-order valence-electron chi connectivity index (χ4n) is 1.37. The molecule has 7 nitrogen and oxygen atoms in total. The minimum absolute atomic E-state index is 0.0199. The van der Waals surface area contributed by atoms with Crippen LogP contribution in [0.5, 0.6) is 0 Å². The van der Waals surface area contributed by atoms with Crippen molar-refractivity contribution in [2.45, 2.75) is 6.18 Å². The molecule has 3 aromatic rings. The Morgan fingerprint density at radius 3 is 2.62 bits per heavy atom. The number of rotatable bonds is 2. The lowest BCUT2D eigenvalue weighted by molar-refractivity contribution is -0.137. The van der Waals surface area contributed by atoms with Gasteiger partial charge in [-0.2, -0.15) is 37.9 Å². The number of hydrogen-bond acceptors (Lipinski definition) is 7. The Balaban J connectivity index is 2.05. The van der Waals surface area contributed by atoms with Crippen molar-refractivity contribution in [2.75, 3.05) is 0 Å². The summed E-state index contributed by atoms with van der Waals surface area (Å²) in [5.41, 5.74) is 0. The first kappa shape index (κ1) is 13.8. The molecule has 0 saturated heterocycles. The molecule has 3 heterocycles. The molecule has 0 fully saturated rings. The summed E-state index contributed by atoms with van der Waals surface area (Å²) in [6.45, 7) is 0. The molecule has 0 aromatic carbocycles. The van der Waals surface area contributed by atoms with E-state index in [9.17, 15) is 13.2 Å². The number of alkyl halides is 3. The zero-order valence-corrected chi connectivity index (χ0v) is 11.4. The van der Waals surface area contributed by atoms with Gasteiger partial charge < -0.3 is 0 Å². The van der Waals surface area contributed by atoms with Crippen LogP contribution >= 0.6 is 22.9 Å². The average Bonchev–Trinajstić information content (AvgIpc) is 3.09. The average molecular weight is 334 g/mol. The summed E-state index contributed by atoms with van der Waals surface area (Å²) < 4.78 is 38.8. The van der Waals surface area contributed by atoms with Gasteiger partial charge >= 0.3 is 6.18 Å². The molecule has 21 heavy (non-hydrogen) atoms. The molecule has 108 valence electrons. The van der Waals surface area contributed by atoms with Crippen LogP contribution in [0.1, 0.15) is 5.01 Å². The number of halogens is 4. The first-order valence-corrected chi connectivity index (χ1v) is 6.43. The number of thiazole rings is 1. The van der Waals surface area contributed by atoms with Gasteiger partial charge in [-0.25, -0.2) is 9.97 Å². The topological polar surface area (TPSA) is 82.3 Å². The zero-order valence-electron chi connectivity index (χ0n) is 9.78. The Morgan fingerprint density at radius 2 is 2.00 bits per heavy atom. The Hall–Kier alpha value is -2.14. The highest BCUT2D eigenvalue weighted by atomic mass is 35.5. The quantitative estimate of drug-likeness (QED) is 0.715. The number of aromatic nitrogens is 7. The van der Waals surface area contributed by atoms with Gasteiger partial charge in [0.25, 0.3) is 5.95 Å². The van der Waals surface area contributed by atoms with Crippen molar-refractivity contribution in [1.82, 2.24) is 34.7 Å². The summed E-state index contributed by atoms with van der Waals surface area (Å²) in [6, 6.07) is 0. The van der Waals surface area contributed by atoms with Crippen molar-refractivity contribution < 1.29 is 13.2 Å². The van der Waals surface area contributed by atoms with Gasteiger partial charge in [0.2, 0.25) is 5.28 Å². The predicted octanol–water partition coefficient (Wildman–Crippen LogP) is 2.25. The second kappa shape index (κ2) is 5.00. The van der Waals surface area contributed by atoms with Gasteiger partial charge in [0.1, 0.15) is 12.7 Å². The van der Waals surface area contributed by atoms with Crippen molar-refractivity contribution in [1.29, 1.82) is 0 Å². The van der Waals surface area contributed by atoms with E-state index in [2.05, 4.69) is 30.0 Å². The number of nitrogens with zero attached hydrogens (tertiary/aromatic N) is 7. The molecule has 3 rings (SSSR count). The second-order valence-corrected chi connectivity index (χ2v) is 4.96. The molecule has 0 saturated carbocycles. The summed E-state index contributed by atoms with van der Waals surface area (Å²) in [4.78, 5) is 18.8. The zero-order chi connectivity index (χ0) is 15.0. The molecular weight excluding hydrogens is 331 g/mol. The summed E-state index contributed by atoms with van der Waals surface area (Å²) in [5, 5.41) is 2.65. The molecule has 0 aliphatic carbocycles. The molecule has 0 N–H and O–H groups in total. The maximum Gasteiger partial charge on any atom is 0.443 e. The molecule has 0 unspecified atom stereocenters. The Bertz CT molecular complexity index is 770. The fraction of sp³-hybridized carbons (Fsp3) is 0.111. The van der Waals surface area contributed by atoms with Gasteiger partial charge in [0.15, 0.2) is 10.8 Å². The molecular formula is C9H3ClF3N7S. The molecule has 0 radical (unpaired) electrons. The minimum Gasteiger partial charge on any atom is -0.240 e. The monoisotopic (exact) mass is 333 g/mol. The van der Waals surface area contributed by atoms with E-state index in [1.54, 1.807) is 0 Å². The SMILES string of the molecule is FC(F)(F)c1ncc(-c2nc(Cl)nc(-n3cncn3)n2)s1. The highest BCUT2D eigenvalue weighted by molar-refractivity contribution is 7.15. The predicted molar refractivity (Wildman–Crippen MR) is 65.9 cm³/mol. The molecule has 0 amide bonds. The van der Waals surface area contributed by atoms with Crippen molar-refractivity contribution in [3.63, 3.8) is 0 Å². The van der Waals surface area contributed by atoms with Gasteiger partial charge in [-0.15, -0.1) is 11.3 Å². The molecule has 0 spiro atoms. The molecule has 12 heteroatoms. The van der Waals surface area contributed by atoms with Crippen molar-refractivity contribution >= 4 is 22.9 Å². The molecule has 0 bridgehead atoms. The maximum absolute atomic E-state index is 12.5. The lowest BCUT2D eigenvalue weighted by Gasteiger charge is -2.01. The fourth-order valence-corrected chi connectivity index (χ4v) is 2.25. The first-order chi connectivity index (χ1) is 9.93. The van der Waals surface area contributed by atoms with Gasteiger partial charge in [-0.3, -0.25) is 0 Å². The largest absolute Gasteiger partial charge is 0.443 e. The van der Waals surface area contributed by atoms with Crippen LogP contribution in [0.3, 0.4) is 0 Å². The summed E-state index contributed by atoms with van der Waals surface area (Å²) in [7, 11) is 0. The third-order valence-corrected chi connectivity index (χ3v) is 3.40. The van der Waals surface area contributed by atoms with E-state index in [1.807, 2.05) is 0 Å². The minimum atomic E-state index is -4.52. The van der Waals surface area contributed by atoms with E-state index in [4.69, 9.17) is 11.6 Å². The van der Waals surface area contributed by atoms with Gasteiger partial charge in [0.05, 0.1) is 4.88 Å². The molecule has 0 atom stereocenters. The van der Waals surface area contributed by atoms with E-state index < -0.39 is 11.2 Å². The van der Waals surface area contributed by atoms with Crippen molar-refractivity contribution in [2.24, 2.45) is 0 Å². The van der Waals surface area contributed by atoms with Crippen LogP contribution in [0.4, 0.5) is 13.2 Å². The van der Waals surface area contributed by atoms with Crippen LogP contribution in [-0.2, 0) is 6.18 Å². The Labute approximate surface area is 123 Å². The highest BCUT2D eigenvalue weighted by Crippen LogP contribution is 2.35. The highest BCUT2D eigenvalue weighted by Gasteiger charge is 2.35. The summed E-state index contributed by atoms with van der Waals surface area (Å²) in [5.74, 6) is 0.0259. The smallest absolute Gasteiger partial charge is 0.240 e. The van der Waals surface area contributed by atoms with E-state index in [0.29, 0.717) is 11.3 Å². The standard InChI is InChI=1S/C9H3ClF3N7S/c10-7-17-5(4-1-15-6(21-4)9(11,12)13)18-8(19-7)20-3-14-2-16-20/h1-3H. The third-order valence-electron chi connectivity index (χ3n) is 2.19. The van der Waals surface area contributed by atoms with Crippen LogP contribution in [0.25, 0.3) is 16.6 Å². The Morgan fingerprint density at radius 1 is 1.19 bits per heavy atom. The van der Waals surface area contributed by atoms with Crippen LogP contribution in [0.15, 0.2) is 18.9 Å². The van der Waals surface area contributed by atoms with Crippen LogP contribution < -0.4 is 0 Å². The van der Waals surface area contributed by atoms with E-state index in [-0.39, 0.29) is 21.9 Å². The van der Waals surface area contributed by atoms with Gasteiger partial charge in [0, 0.05) is 6.20 Å². The molecule has 0 aliphatic rings. The van der Waals surface area contributed by atoms with Gasteiger partial charge in [-0.1, -0.05) is 0 Å². The maximum atomic E-state index is 12.5. The van der Waals surface area contributed by atoms with Crippen LogP contribution in [0.2, 0.25) is 5.28 Å². The molecule has 3 aromatic heterocycles. The van der Waals surface area contributed by atoms with E-state index >= 15 is 0 Å². The van der Waals surface area contributed by atoms with E-state index in [1.165, 1.54) is 17.3 Å². The van der Waals surface area contributed by atoms with E-state index in [0.717, 1.165) is 6.20 Å². The van der Waals surface area contributed by atoms with Crippen LogP contribution in [-0.4, -0.2) is 34.7 Å². The number of hydrogen-bond donors (Lipinski definition) is 0. The van der Waals surface area contributed by atoms with Crippen molar-refractivity contribution in [3.8, 4) is 16.6 Å². The van der Waals surface area contributed by atoms with Crippen LogP contribution in [0, 0.1) is 0 Å². The molecule has 0 aliphatic heterocycles. The lowest BCUT2D eigenvalue weighted by atomic mass is 10.5. The third kappa shape index (κ3) is 2.83. The second-order valence-electron chi connectivity index (χ2n) is 3.60.